The maximum Gasteiger partial charge on any atom is 0.254 e. The van der Waals surface area contributed by atoms with E-state index in [9.17, 15) is 9.59 Å². The lowest BCUT2D eigenvalue weighted by atomic mass is 10.1. The van der Waals surface area contributed by atoms with Gasteiger partial charge in [0.15, 0.2) is 0 Å². The molecular weight excluding hydrogens is 340 g/mol. The van der Waals surface area contributed by atoms with E-state index in [0.29, 0.717) is 25.1 Å². The van der Waals surface area contributed by atoms with Crippen molar-refractivity contribution in [3.63, 3.8) is 0 Å². The first kappa shape index (κ1) is 17.8. The monoisotopic (exact) mass is 366 g/mol. The van der Waals surface area contributed by atoms with Crippen LogP contribution in [0.5, 0.6) is 0 Å². The number of hydrogen-bond donors (Lipinski definition) is 0. The lowest BCUT2D eigenvalue weighted by Gasteiger charge is -2.33. The third-order valence-corrected chi connectivity index (χ3v) is 5.60. The molecule has 2 aliphatic heterocycles. The van der Waals surface area contributed by atoms with E-state index in [4.69, 9.17) is 4.98 Å². The molecule has 3 heterocycles. The minimum Gasteiger partial charge on any atom is -0.342 e. The Bertz CT molecular complexity index is 867. The molecule has 2 aliphatic rings. The molecule has 0 unspecified atom stereocenters. The van der Waals surface area contributed by atoms with Gasteiger partial charge in [0.2, 0.25) is 5.91 Å². The summed E-state index contributed by atoms with van der Waals surface area (Å²) in [6.45, 7) is 7.09. The maximum absolute atomic E-state index is 13.0. The summed E-state index contributed by atoms with van der Waals surface area (Å²) < 4.78 is 2.09. The number of amides is 2. The lowest BCUT2D eigenvalue weighted by Crippen LogP contribution is -2.41. The van der Waals surface area contributed by atoms with Gasteiger partial charge in [-0.3, -0.25) is 9.59 Å². The molecule has 6 nitrogen and oxygen atoms in total. The number of nitrogens with zero attached hydrogens (tertiary/aromatic N) is 4. The predicted octanol–water partition coefficient (Wildman–Crippen LogP) is 2.57. The Morgan fingerprint density at radius 3 is 2.67 bits per heavy atom. The number of fused-ring (bicyclic) bond motifs is 1. The van der Waals surface area contributed by atoms with Crippen LogP contribution in [0.2, 0.25) is 0 Å². The molecular formula is C21H26N4O2. The van der Waals surface area contributed by atoms with Gasteiger partial charge in [-0.05, 0) is 38.8 Å². The van der Waals surface area contributed by atoms with Gasteiger partial charge in [-0.25, -0.2) is 4.98 Å². The van der Waals surface area contributed by atoms with Gasteiger partial charge in [-0.1, -0.05) is 17.7 Å². The molecule has 2 aromatic rings. The highest BCUT2D eigenvalue weighted by molar-refractivity contribution is 5.94. The standard InChI is InChI=1S/C21H26N4O2/c1-15-6-5-7-17(12-15)21(27)25-11-10-24-14-18(22-20(24)16(25)2)13-19(26)23-8-3-4-9-23/h5-7,12,14,16H,3-4,8-11,13H2,1-2H3/t16-/m1/s1. The molecule has 1 aromatic heterocycles. The number of likely N-dealkylation sites (tertiary alicyclic amines) is 1. The van der Waals surface area contributed by atoms with E-state index in [1.807, 2.05) is 54.1 Å². The third kappa shape index (κ3) is 3.48. The Balaban J connectivity index is 1.50. The van der Waals surface area contributed by atoms with Crippen molar-refractivity contribution in [2.45, 2.75) is 45.7 Å². The second kappa shape index (κ2) is 7.18. The highest BCUT2D eigenvalue weighted by atomic mass is 16.2. The smallest absolute Gasteiger partial charge is 0.254 e. The van der Waals surface area contributed by atoms with Crippen LogP contribution in [-0.2, 0) is 17.8 Å². The van der Waals surface area contributed by atoms with Crippen molar-refractivity contribution in [3.05, 3.63) is 53.1 Å². The molecule has 0 radical (unpaired) electrons. The SMILES string of the molecule is Cc1cccc(C(=O)N2CCn3cc(CC(=O)N4CCCC4)nc3[C@H]2C)c1. The number of aromatic nitrogens is 2. The van der Waals surface area contributed by atoms with Crippen LogP contribution in [0.25, 0.3) is 0 Å². The van der Waals surface area contributed by atoms with Gasteiger partial charge in [0.25, 0.3) is 5.91 Å². The summed E-state index contributed by atoms with van der Waals surface area (Å²) >= 11 is 0. The van der Waals surface area contributed by atoms with E-state index in [2.05, 4.69) is 4.57 Å². The Labute approximate surface area is 159 Å². The summed E-state index contributed by atoms with van der Waals surface area (Å²) in [6, 6.07) is 7.59. The molecule has 0 spiro atoms. The molecule has 0 N–H and O–H groups in total. The van der Waals surface area contributed by atoms with E-state index in [1.165, 1.54) is 0 Å². The minimum absolute atomic E-state index is 0.0372. The molecule has 1 saturated heterocycles. The Hall–Kier alpha value is -2.63. The third-order valence-electron chi connectivity index (χ3n) is 5.60. The van der Waals surface area contributed by atoms with Crippen molar-refractivity contribution < 1.29 is 9.59 Å². The number of imidazole rings is 1. The van der Waals surface area contributed by atoms with Gasteiger partial charge in [0.05, 0.1) is 18.2 Å². The molecule has 6 heteroatoms. The maximum atomic E-state index is 13.0. The van der Waals surface area contributed by atoms with Crippen molar-refractivity contribution in [2.24, 2.45) is 0 Å². The topological polar surface area (TPSA) is 58.4 Å². The summed E-state index contributed by atoms with van der Waals surface area (Å²) in [4.78, 5) is 33.9. The van der Waals surface area contributed by atoms with Crippen LogP contribution in [-0.4, -0.2) is 50.8 Å². The first-order chi connectivity index (χ1) is 13.0. The second-order valence-electron chi connectivity index (χ2n) is 7.59. The first-order valence-corrected chi connectivity index (χ1v) is 9.74. The van der Waals surface area contributed by atoms with Crippen molar-refractivity contribution in [1.29, 1.82) is 0 Å². The largest absolute Gasteiger partial charge is 0.342 e. The zero-order chi connectivity index (χ0) is 19.0. The van der Waals surface area contributed by atoms with Crippen LogP contribution in [0, 0.1) is 6.92 Å². The molecule has 142 valence electrons. The van der Waals surface area contributed by atoms with Crippen molar-refractivity contribution in [3.8, 4) is 0 Å². The van der Waals surface area contributed by atoms with E-state index in [0.717, 1.165) is 43.0 Å². The molecule has 2 amide bonds. The number of aryl methyl sites for hydroxylation is 1. The molecule has 4 rings (SSSR count). The highest BCUT2D eigenvalue weighted by Gasteiger charge is 2.31. The fourth-order valence-corrected chi connectivity index (χ4v) is 4.09. The average molecular weight is 366 g/mol. The lowest BCUT2D eigenvalue weighted by molar-refractivity contribution is -0.129. The van der Waals surface area contributed by atoms with Crippen molar-refractivity contribution >= 4 is 11.8 Å². The number of hydrogen-bond acceptors (Lipinski definition) is 3. The number of rotatable bonds is 3. The van der Waals surface area contributed by atoms with Gasteiger partial charge in [-0.2, -0.15) is 0 Å². The minimum atomic E-state index is -0.109. The van der Waals surface area contributed by atoms with E-state index < -0.39 is 0 Å². The van der Waals surface area contributed by atoms with Gasteiger partial charge >= 0.3 is 0 Å². The van der Waals surface area contributed by atoms with Gasteiger partial charge in [0.1, 0.15) is 5.82 Å². The zero-order valence-electron chi connectivity index (χ0n) is 16.0. The van der Waals surface area contributed by atoms with E-state index >= 15 is 0 Å². The number of benzene rings is 1. The fourth-order valence-electron chi connectivity index (χ4n) is 4.09. The normalized spacial score (nSPS) is 19.3. The fraction of sp³-hybridized carbons (Fsp3) is 0.476. The molecule has 0 bridgehead atoms. The quantitative estimate of drug-likeness (QED) is 0.839. The Kier molecular flexibility index (Phi) is 4.72. The predicted molar refractivity (Wildman–Crippen MR) is 102 cm³/mol. The van der Waals surface area contributed by atoms with Gasteiger partial charge in [0, 0.05) is 37.9 Å². The highest BCUT2D eigenvalue weighted by Crippen LogP contribution is 2.27. The summed E-state index contributed by atoms with van der Waals surface area (Å²) in [7, 11) is 0. The van der Waals surface area contributed by atoms with Gasteiger partial charge < -0.3 is 14.4 Å². The summed E-state index contributed by atoms with van der Waals surface area (Å²) in [5, 5.41) is 0. The molecule has 1 aromatic carbocycles. The Morgan fingerprint density at radius 1 is 1.15 bits per heavy atom. The summed E-state index contributed by atoms with van der Waals surface area (Å²) in [6.07, 6.45) is 4.52. The molecule has 1 atom stereocenters. The van der Waals surface area contributed by atoms with E-state index in [1.54, 1.807) is 0 Å². The zero-order valence-corrected chi connectivity index (χ0v) is 16.0. The number of carbonyl (C=O) groups is 2. The molecule has 1 fully saturated rings. The number of carbonyl (C=O) groups excluding carboxylic acids is 2. The second-order valence-corrected chi connectivity index (χ2v) is 7.59. The van der Waals surface area contributed by atoms with Crippen LogP contribution in [0.3, 0.4) is 0 Å². The average Bonchev–Trinajstić information content (AvgIpc) is 3.31. The van der Waals surface area contributed by atoms with E-state index in [-0.39, 0.29) is 17.9 Å². The summed E-state index contributed by atoms with van der Waals surface area (Å²) in [5.41, 5.74) is 2.60. The summed E-state index contributed by atoms with van der Waals surface area (Å²) in [5.74, 6) is 1.06. The van der Waals surface area contributed by atoms with Crippen LogP contribution in [0.1, 0.15) is 53.2 Å². The van der Waals surface area contributed by atoms with Crippen LogP contribution in [0.4, 0.5) is 0 Å². The van der Waals surface area contributed by atoms with Gasteiger partial charge in [-0.15, -0.1) is 0 Å². The molecule has 0 aliphatic carbocycles. The van der Waals surface area contributed by atoms with Crippen LogP contribution < -0.4 is 0 Å². The molecule has 0 saturated carbocycles. The Morgan fingerprint density at radius 2 is 1.93 bits per heavy atom. The first-order valence-electron chi connectivity index (χ1n) is 9.74. The van der Waals surface area contributed by atoms with Crippen LogP contribution in [0.15, 0.2) is 30.5 Å². The van der Waals surface area contributed by atoms with Crippen molar-refractivity contribution in [1.82, 2.24) is 19.4 Å². The van der Waals surface area contributed by atoms with Crippen molar-refractivity contribution in [2.75, 3.05) is 19.6 Å². The molecule has 27 heavy (non-hydrogen) atoms. The van der Waals surface area contributed by atoms with Crippen LogP contribution >= 0.6 is 0 Å².